The largest absolute Gasteiger partial charge is 0.385 e. The summed E-state index contributed by atoms with van der Waals surface area (Å²) in [6.45, 7) is 2.84. The third kappa shape index (κ3) is 5.20. The number of aryl methyl sites for hydroxylation is 1. The van der Waals surface area contributed by atoms with Crippen LogP contribution in [0.3, 0.4) is 0 Å². The van der Waals surface area contributed by atoms with Crippen molar-refractivity contribution < 1.29 is 14.3 Å². The van der Waals surface area contributed by atoms with Gasteiger partial charge in [-0.1, -0.05) is 6.07 Å². The SMILES string of the molecule is COCCCn1c(=S)[nH]c2cc(C(=O)Nc3cc(C(=O)NC4CC4)ccc3C)ccc2c1=O. The highest BCUT2D eigenvalue weighted by molar-refractivity contribution is 7.71. The molecule has 0 aliphatic heterocycles. The minimum absolute atomic E-state index is 0.145. The number of benzene rings is 2. The Bertz CT molecular complexity index is 1340. The lowest BCUT2D eigenvalue weighted by Crippen LogP contribution is -2.25. The zero-order chi connectivity index (χ0) is 23.5. The van der Waals surface area contributed by atoms with Gasteiger partial charge in [0.15, 0.2) is 4.77 Å². The molecule has 0 radical (unpaired) electrons. The fraction of sp³-hybridized carbons (Fsp3) is 0.333. The Hall–Kier alpha value is -3.30. The van der Waals surface area contributed by atoms with Gasteiger partial charge in [0.05, 0.1) is 10.9 Å². The van der Waals surface area contributed by atoms with Crippen LogP contribution in [0.5, 0.6) is 0 Å². The van der Waals surface area contributed by atoms with Crippen molar-refractivity contribution in [2.45, 2.75) is 38.8 Å². The number of fused-ring (bicyclic) bond motifs is 1. The van der Waals surface area contributed by atoms with Gasteiger partial charge in [-0.15, -0.1) is 0 Å². The number of rotatable bonds is 8. The van der Waals surface area contributed by atoms with Crippen LogP contribution in [-0.4, -0.2) is 41.1 Å². The van der Waals surface area contributed by atoms with Crippen LogP contribution < -0.4 is 16.2 Å². The molecule has 0 atom stereocenters. The van der Waals surface area contributed by atoms with Gasteiger partial charge in [-0.05, 0) is 74.3 Å². The zero-order valence-electron chi connectivity index (χ0n) is 18.6. The first-order chi connectivity index (χ1) is 15.9. The van der Waals surface area contributed by atoms with Crippen LogP contribution in [0.15, 0.2) is 41.2 Å². The topological polar surface area (TPSA) is 105 Å². The average molecular weight is 467 g/mol. The Kier molecular flexibility index (Phi) is 6.71. The van der Waals surface area contributed by atoms with Crippen LogP contribution in [0, 0.1) is 11.7 Å². The summed E-state index contributed by atoms with van der Waals surface area (Å²) in [7, 11) is 1.61. The molecule has 1 aliphatic carbocycles. The van der Waals surface area contributed by atoms with E-state index in [0.29, 0.717) is 52.1 Å². The van der Waals surface area contributed by atoms with Crippen LogP contribution in [0.2, 0.25) is 0 Å². The van der Waals surface area contributed by atoms with Crippen molar-refractivity contribution in [3.63, 3.8) is 0 Å². The number of hydrogen-bond acceptors (Lipinski definition) is 5. The van der Waals surface area contributed by atoms with Gasteiger partial charge in [-0.3, -0.25) is 19.0 Å². The zero-order valence-corrected chi connectivity index (χ0v) is 19.4. The number of ether oxygens (including phenoxy) is 1. The highest BCUT2D eigenvalue weighted by Gasteiger charge is 2.24. The third-order valence-corrected chi connectivity index (χ3v) is 5.96. The number of aromatic amines is 1. The highest BCUT2D eigenvalue weighted by Crippen LogP contribution is 2.22. The van der Waals surface area contributed by atoms with Crippen molar-refractivity contribution in [3.05, 3.63) is 68.2 Å². The lowest BCUT2D eigenvalue weighted by molar-refractivity contribution is 0.0949. The van der Waals surface area contributed by atoms with E-state index in [4.69, 9.17) is 17.0 Å². The number of carbonyl (C=O) groups excluding carboxylic acids is 2. The van der Waals surface area contributed by atoms with Crippen molar-refractivity contribution in [1.29, 1.82) is 0 Å². The summed E-state index contributed by atoms with van der Waals surface area (Å²) in [6.07, 6.45) is 2.67. The second-order valence-corrected chi connectivity index (χ2v) is 8.61. The number of anilines is 1. The van der Waals surface area contributed by atoms with Gasteiger partial charge in [0.1, 0.15) is 0 Å². The minimum Gasteiger partial charge on any atom is -0.385 e. The predicted octanol–water partition coefficient (Wildman–Crippen LogP) is 3.55. The molecule has 0 bridgehead atoms. The number of nitrogens with zero attached hydrogens (tertiary/aromatic N) is 1. The average Bonchev–Trinajstić information content (AvgIpc) is 3.61. The maximum absolute atomic E-state index is 12.9. The number of carbonyl (C=O) groups is 2. The molecule has 172 valence electrons. The predicted molar refractivity (Wildman–Crippen MR) is 130 cm³/mol. The lowest BCUT2D eigenvalue weighted by atomic mass is 10.1. The lowest BCUT2D eigenvalue weighted by Gasteiger charge is -2.12. The Balaban J connectivity index is 1.57. The van der Waals surface area contributed by atoms with Gasteiger partial charge < -0.3 is 20.4 Å². The van der Waals surface area contributed by atoms with Crippen LogP contribution in [-0.2, 0) is 11.3 Å². The van der Waals surface area contributed by atoms with Crippen molar-refractivity contribution in [2.75, 3.05) is 19.0 Å². The first-order valence-corrected chi connectivity index (χ1v) is 11.3. The molecule has 9 heteroatoms. The molecule has 8 nitrogen and oxygen atoms in total. The Morgan fingerprint density at radius 1 is 1.15 bits per heavy atom. The molecule has 3 N–H and O–H groups in total. The molecule has 2 aromatic carbocycles. The first-order valence-electron chi connectivity index (χ1n) is 10.9. The Morgan fingerprint density at radius 3 is 2.61 bits per heavy atom. The van der Waals surface area contributed by atoms with Crippen molar-refractivity contribution in [1.82, 2.24) is 14.9 Å². The summed E-state index contributed by atoms with van der Waals surface area (Å²) in [4.78, 5) is 41.2. The Morgan fingerprint density at radius 2 is 1.88 bits per heavy atom. The van der Waals surface area contributed by atoms with E-state index in [0.717, 1.165) is 18.4 Å². The molecule has 1 heterocycles. The first kappa shape index (κ1) is 22.9. The van der Waals surface area contributed by atoms with E-state index in [2.05, 4.69) is 15.6 Å². The summed E-state index contributed by atoms with van der Waals surface area (Å²) in [5, 5.41) is 6.27. The molecule has 33 heavy (non-hydrogen) atoms. The monoisotopic (exact) mass is 466 g/mol. The van der Waals surface area contributed by atoms with E-state index in [1.54, 1.807) is 43.5 Å². The van der Waals surface area contributed by atoms with Gasteiger partial charge in [0.2, 0.25) is 0 Å². The summed E-state index contributed by atoms with van der Waals surface area (Å²) in [6, 6.07) is 10.3. The highest BCUT2D eigenvalue weighted by atomic mass is 32.1. The molecule has 1 saturated carbocycles. The van der Waals surface area contributed by atoms with Crippen molar-refractivity contribution in [3.8, 4) is 0 Å². The number of methoxy groups -OCH3 is 1. The van der Waals surface area contributed by atoms with Crippen molar-refractivity contribution in [2.24, 2.45) is 0 Å². The second kappa shape index (κ2) is 9.68. The number of hydrogen-bond donors (Lipinski definition) is 3. The molecule has 0 saturated heterocycles. The van der Waals surface area contributed by atoms with Gasteiger partial charge >= 0.3 is 0 Å². The third-order valence-electron chi connectivity index (χ3n) is 5.63. The number of amides is 2. The quantitative estimate of drug-likeness (QED) is 0.348. The minimum atomic E-state index is -0.344. The number of aromatic nitrogens is 2. The maximum Gasteiger partial charge on any atom is 0.262 e. The molecular weight excluding hydrogens is 440 g/mol. The van der Waals surface area contributed by atoms with Crippen LogP contribution in [0.4, 0.5) is 5.69 Å². The van der Waals surface area contributed by atoms with E-state index in [1.165, 1.54) is 4.57 Å². The molecule has 0 spiro atoms. The van der Waals surface area contributed by atoms with Crippen LogP contribution in [0.25, 0.3) is 10.9 Å². The Labute approximate surface area is 196 Å². The van der Waals surface area contributed by atoms with E-state index >= 15 is 0 Å². The van der Waals surface area contributed by atoms with Gasteiger partial charge in [0.25, 0.3) is 17.4 Å². The summed E-state index contributed by atoms with van der Waals surface area (Å²) < 4.78 is 6.84. The van der Waals surface area contributed by atoms with Crippen LogP contribution >= 0.6 is 12.2 Å². The molecule has 0 unspecified atom stereocenters. The summed E-state index contributed by atoms with van der Waals surface area (Å²) in [5.41, 5.74) is 2.56. The van der Waals surface area contributed by atoms with Crippen LogP contribution in [0.1, 0.15) is 45.5 Å². The normalized spacial score (nSPS) is 13.2. The molecule has 3 aromatic rings. The molecule has 1 fully saturated rings. The van der Waals surface area contributed by atoms with E-state index in [-0.39, 0.29) is 23.4 Å². The smallest absolute Gasteiger partial charge is 0.262 e. The molecule has 1 aliphatic rings. The van der Waals surface area contributed by atoms with Gasteiger partial charge in [0, 0.05) is 43.1 Å². The number of H-pyrrole nitrogens is 1. The molecular formula is C24H26N4O4S. The summed E-state index contributed by atoms with van der Waals surface area (Å²) in [5.74, 6) is -0.489. The van der Waals surface area contributed by atoms with Gasteiger partial charge in [-0.2, -0.15) is 0 Å². The second-order valence-electron chi connectivity index (χ2n) is 8.23. The molecule has 4 rings (SSSR count). The fourth-order valence-electron chi connectivity index (χ4n) is 3.55. The molecule has 1 aromatic heterocycles. The van der Waals surface area contributed by atoms with Crippen molar-refractivity contribution >= 4 is 40.6 Å². The standard InChI is InChI=1S/C24H26N4O4S/c1-14-4-5-15(21(29)25-17-7-8-17)12-19(14)26-22(30)16-6-9-18-20(13-16)27-24(33)28(23(18)31)10-3-11-32-2/h4-6,9,12-13,17H,3,7-8,10-11H2,1-2H3,(H,25,29)(H,26,30)(H,27,33). The van der Waals surface area contributed by atoms with Gasteiger partial charge in [-0.25, -0.2) is 0 Å². The maximum atomic E-state index is 12.9. The van der Waals surface area contributed by atoms with E-state index in [1.807, 2.05) is 6.92 Å². The fourth-order valence-corrected chi connectivity index (χ4v) is 3.84. The van der Waals surface area contributed by atoms with E-state index in [9.17, 15) is 14.4 Å². The molecule has 2 amide bonds. The number of nitrogens with one attached hydrogen (secondary N) is 3. The summed E-state index contributed by atoms with van der Waals surface area (Å²) >= 11 is 5.35. The van der Waals surface area contributed by atoms with E-state index < -0.39 is 0 Å².